The van der Waals surface area contributed by atoms with Gasteiger partial charge in [-0.15, -0.1) is 0 Å². The molecule has 4 aromatic rings. The zero-order valence-electron chi connectivity index (χ0n) is 18.2. The number of amides is 1. The molecule has 0 radical (unpaired) electrons. The molecule has 2 aromatic heterocycles. The number of pyridine rings is 1. The summed E-state index contributed by atoms with van der Waals surface area (Å²) in [5.41, 5.74) is 10.3. The third kappa shape index (κ3) is 3.99. The van der Waals surface area contributed by atoms with Gasteiger partial charge in [-0.2, -0.15) is 0 Å². The number of imidazole rings is 1. The summed E-state index contributed by atoms with van der Waals surface area (Å²) < 4.78 is 2.03. The Morgan fingerprint density at radius 1 is 0.867 bits per heavy atom. The first-order chi connectivity index (χ1) is 14.3. The van der Waals surface area contributed by atoms with E-state index in [1.807, 2.05) is 42.6 Å². The summed E-state index contributed by atoms with van der Waals surface area (Å²) in [6.07, 6.45) is 2.25. The molecule has 1 N–H and O–H groups in total. The highest BCUT2D eigenvalue weighted by molar-refractivity contribution is 5.93. The average molecular weight is 398 g/mol. The molecule has 0 aliphatic carbocycles. The van der Waals surface area contributed by atoms with E-state index < -0.39 is 0 Å². The fraction of sp³-hybridized carbons (Fsp3) is 0.231. The largest absolute Gasteiger partial charge is 0.326 e. The van der Waals surface area contributed by atoms with Crippen LogP contribution in [0.4, 0.5) is 5.69 Å². The number of aryl methyl sites for hydroxylation is 5. The van der Waals surface area contributed by atoms with Gasteiger partial charge in [-0.05, 0) is 92.8 Å². The van der Waals surface area contributed by atoms with Crippen LogP contribution in [-0.2, 0) is 11.2 Å². The first-order valence-corrected chi connectivity index (χ1v) is 10.2. The van der Waals surface area contributed by atoms with Gasteiger partial charge >= 0.3 is 0 Å². The summed E-state index contributed by atoms with van der Waals surface area (Å²) in [4.78, 5) is 17.9. The Morgan fingerprint density at radius 2 is 1.60 bits per heavy atom. The maximum absolute atomic E-state index is 13.0. The second kappa shape index (κ2) is 7.79. The number of benzene rings is 2. The minimum atomic E-state index is -0.0486. The third-order valence-corrected chi connectivity index (χ3v) is 5.49. The highest BCUT2D eigenvalue weighted by atomic mass is 16.1. The van der Waals surface area contributed by atoms with E-state index in [-0.39, 0.29) is 12.3 Å². The lowest BCUT2D eigenvalue weighted by molar-refractivity contribution is -0.115. The van der Waals surface area contributed by atoms with Gasteiger partial charge < -0.3 is 9.72 Å². The van der Waals surface area contributed by atoms with Crippen molar-refractivity contribution in [3.63, 3.8) is 0 Å². The van der Waals surface area contributed by atoms with Gasteiger partial charge in [-0.1, -0.05) is 18.2 Å². The molecule has 1 amide bonds. The molecule has 0 aliphatic heterocycles. The van der Waals surface area contributed by atoms with Crippen LogP contribution in [0.25, 0.3) is 16.9 Å². The molecule has 0 bridgehead atoms. The van der Waals surface area contributed by atoms with Crippen molar-refractivity contribution < 1.29 is 4.79 Å². The van der Waals surface area contributed by atoms with Crippen LogP contribution in [0, 0.1) is 34.6 Å². The van der Waals surface area contributed by atoms with Crippen LogP contribution in [0.5, 0.6) is 0 Å². The lowest BCUT2D eigenvalue weighted by atomic mass is 10.0. The van der Waals surface area contributed by atoms with Gasteiger partial charge in [-0.25, -0.2) is 4.98 Å². The van der Waals surface area contributed by atoms with Crippen molar-refractivity contribution in [3.8, 4) is 11.3 Å². The normalized spacial score (nSPS) is 11.1. The Morgan fingerprint density at radius 3 is 2.30 bits per heavy atom. The molecule has 0 aliphatic rings. The molecule has 0 atom stereocenters. The minimum Gasteiger partial charge on any atom is -0.326 e. The maximum Gasteiger partial charge on any atom is 0.230 e. The van der Waals surface area contributed by atoms with Crippen molar-refractivity contribution in [1.82, 2.24) is 9.38 Å². The summed E-state index contributed by atoms with van der Waals surface area (Å²) in [6, 6.07) is 16.5. The lowest BCUT2D eigenvalue weighted by Crippen LogP contribution is -2.16. The Hall–Kier alpha value is -3.40. The number of aromatic nitrogens is 2. The van der Waals surface area contributed by atoms with E-state index in [1.165, 1.54) is 11.1 Å². The van der Waals surface area contributed by atoms with Crippen molar-refractivity contribution in [1.29, 1.82) is 0 Å². The molecule has 0 fully saturated rings. The number of nitrogens with one attached hydrogen (secondary N) is 1. The van der Waals surface area contributed by atoms with Crippen LogP contribution in [-0.4, -0.2) is 15.3 Å². The van der Waals surface area contributed by atoms with Gasteiger partial charge in [0.2, 0.25) is 5.91 Å². The van der Waals surface area contributed by atoms with E-state index in [4.69, 9.17) is 4.98 Å². The first-order valence-electron chi connectivity index (χ1n) is 10.2. The van der Waals surface area contributed by atoms with Crippen molar-refractivity contribution in [3.05, 3.63) is 88.2 Å². The molecule has 30 heavy (non-hydrogen) atoms. The van der Waals surface area contributed by atoms with E-state index in [0.29, 0.717) is 0 Å². The zero-order valence-corrected chi connectivity index (χ0v) is 18.2. The molecule has 2 heterocycles. The molecule has 0 spiro atoms. The molecule has 0 unspecified atom stereocenters. The van der Waals surface area contributed by atoms with Crippen LogP contribution in [0.1, 0.15) is 33.5 Å². The Balaban J connectivity index is 1.74. The van der Waals surface area contributed by atoms with Crippen molar-refractivity contribution in [2.45, 2.75) is 41.0 Å². The number of fused-ring (bicyclic) bond motifs is 1. The number of rotatable bonds is 4. The molecular formula is C26H27N3O. The molecule has 2 aromatic carbocycles. The Bertz CT molecular complexity index is 1250. The fourth-order valence-electron chi connectivity index (χ4n) is 3.89. The molecule has 0 saturated carbocycles. The summed E-state index contributed by atoms with van der Waals surface area (Å²) in [5.74, 6) is -0.0486. The Labute approximate surface area is 177 Å². The highest BCUT2D eigenvalue weighted by Gasteiger charge is 2.18. The molecule has 4 nitrogen and oxygen atoms in total. The van der Waals surface area contributed by atoms with Crippen LogP contribution in [0.3, 0.4) is 0 Å². The van der Waals surface area contributed by atoms with E-state index in [9.17, 15) is 4.79 Å². The topological polar surface area (TPSA) is 46.4 Å². The number of hydrogen-bond acceptors (Lipinski definition) is 2. The number of carbonyl (C=O) groups excluding carboxylic acids is 1. The van der Waals surface area contributed by atoms with Crippen LogP contribution >= 0.6 is 0 Å². The number of anilines is 1. The summed E-state index contributed by atoms with van der Waals surface area (Å²) >= 11 is 0. The molecule has 0 saturated heterocycles. The number of hydrogen-bond donors (Lipinski definition) is 1. The van der Waals surface area contributed by atoms with E-state index >= 15 is 0 Å². The fourth-order valence-corrected chi connectivity index (χ4v) is 3.89. The maximum atomic E-state index is 13.0. The predicted octanol–water partition coefficient (Wildman–Crippen LogP) is 5.72. The zero-order chi connectivity index (χ0) is 21.4. The van der Waals surface area contributed by atoms with E-state index in [2.05, 4.69) is 56.4 Å². The van der Waals surface area contributed by atoms with Crippen LogP contribution in [0.15, 0.2) is 54.7 Å². The smallest absolute Gasteiger partial charge is 0.230 e. The Kier molecular flexibility index (Phi) is 5.17. The van der Waals surface area contributed by atoms with Crippen molar-refractivity contribution in [2.75, 3.05) is 5.32 Å². The van der Waals surface area contributed by atoms with Gasteiger partial charge in [0.1, 0.15) is 5.65 Å². The summed E-state index contributed by atoms with van der Waals surface area (Å²) in [7, 11) is 0. The molecule has 4 rings (SSSR count). The van der Waals surface area contributed by atoms with Crippen LogP contribution < -0.4 is 5.32 Å². The highest BCUT2D eigenvalue weighted by Crippen LogP contribution is 2.27. The third-order valence-electron chi connectivity index (χ3n) is 5.49. The quantitative estimate of drug-likeness (QED) is 0.478. The summed E-state index contributed by atoms with van der Waals surface area (Å²) in [5, 5.41) is 3.06. The van der Waals surface area contributed by atoms with Gasteiger partial charge in [0.05, 0.1) is 17.8 Å². The van der Waals surface area contributed by atoms with Crippen LogP contribution in [0.2, 0.25) is 0 Å². The molecular weight excluding hydrogens is 370 g/mol. The summed E-state index contributed by atoms with van der Waals surface area (Å²) in [6.45, 7) is 10.3. The molecule has 152 valence electrons. The lowest BCUT2D eigenvalue weighted by Gasteiger charge is -2.10. The number of carbonyl (C=O) groups is 1. The monoisotopic (exact) mass is 397 g/mol. The van der Waals surface area contributed by atoms with Crippen molar-refractivity contribution in [2.24, 2.45) is 0 Å². The van der Waals surface area contributed by atoms with Gasteiger partial charge in [-0.3, -0.25) is 4.79 Å². The number of nitrogens with zero attached hydrogens (tertiary/aromatic N) is 2. The predicted molar refractivity (Wildman–Crippen MR) is 123 cm³/mol. The van der Waals surface area contributed by atoms with Gasteiger partial charge in [0, 0.05) is 17.4 Å². The van der Waals surface area contributed by atoms with E-state index in [0.717, 1.165) is 45.0 Å². The first kappa shape index (κ1) is 19.9. The second-order valence-corrected chi connectivity index (χ2v) is 8.24. The van der Waals surface area contributed by atoms with Crippen molar-refractivity contribution >= 4 is 17.2 Å². The van der Waals surface area contributed by atoms with E-state index in [1.54, 1.807) is 0 Å². The second-order valence-electron chi connectivity index (χ2n) is 8.24. The standard InChI is InChI=1S/C26H27N3O/c1-16-8-9-29-23(15-25(30)27-22-11-17(2)10-18(3)12-22)26(28-24(29)13-16)21-7-6-19(4)20(5)14-21/h6-14H,15H2,1-5H3,(H,27,30). The minimum absolute atomic E-state index is 0.0486. The average Bonchev–Trinajstić information content (AvgIpc) is 3.00. The van der Waals surface area contributed by atoms with Gasteiger partial charge in [0.15, 0.2) is 0 Å². The molecule has 4 heteroatoms. The SMILES string of the molecule is Cc1cc(C)cc(NC(=O)Cc2c(-c3ccc(C)c(C)c3)nc3cc(C)ccn23)c1. The van der Waals surface area contributed by atoms with Gasteiger partial charge in [0.25, 0.3) is 0 Å².